The Labute approximate surface area is 162 Å². The van der Waals surface area contributed by atoms with Crippen LogP contribution in [0.5, 0.6) is 0 Å². The van der Waals surface area contributed by atoms with Crippen molar-refractivity contribution in [3.8, 4) is 0 Å². The van der Waals surface area contributed by atoms with Crippen molar-refractivity contribution in [3.63, 3.8) is 0 Å². The zero-order chi connectivity index (χ0) is 18.8. The number of anilines is 2. The number of hydrogen-bond acceptors (Lipinski definition) is 4. The molecule has 2 fully saturated rings. The highest BCUT2D eigenvalue weighted by molar-refractivity contribution is 6.31. The zero-order valence-electron chi connectivity index (χ0n) is 14.8. The third kappa shape index (κ3) is 3.99. The lowest BCUT2D eigenvalue weighted by Crippen LogP contribution is -2.29. The molecular weight excluding hydrogens is 368 g/mol. The van der Waals surface area contributed by atoms with Crippen LogP contribution in [-0.4, -0.2) is 41.4 Å². The second-order valence-electron chi connectivity index (χ2n) is 7.00. The van der Waals surface area contributed by atoms with Crippen LogP contribution in [0, 0.1) is 11.8 Å². The fraction of sp³-hybridized carbons (Fsp3) is 0.421. The monoisotopic (exact) mass is 388 g/mol. The molecule has 3 heterocycles. The number of ether oxygens (including phenoxy) is 1. The summed E-state index contributed by atoms with van der Waals surface area (Å²) in [6, 6.07) is 8.89. The summed E-state index contributed by atoms with van der Waals surface area (Å²) < 4.78 is 7.20. The predicted octanol–water partition coefficient (Wildman–Crippen LogP) is 2.56. The van der Waals surface area contributed by atoms with Crippen molar-refractivity contribution in [1.29, 1.82) is 0 Å². The molecule has 0 saturated carbocycles. The van der Waals surface area contributed by atoms with Gasteiger partial charge < -0.3 is 15.0 Å². The maximum Gasteiger partial charge on any atom is 0.230 e. The van der Waals surface area contributed by atoms with Gasteiger partial charge >= 0.3 is 0 Å². The van der Waals surface area contributed by atoms with Crippen molar-refractivity contribution in [2.45, 2.75) is 19.4 Å². The average molecular weight is 389 g/mol. The molecule has 8 heteroatoms. The second kappa shape index (κ2) is 7.70. The third-order valence-electron chi connectivity index (χ3n) is 5.04. The van der Waals surface area contributed by atoms with E-state index in [0.717, 1.165) is 19.6 Å². The Balaban J connectivity index is 1.41. The van der Waals surface area contributed by atoms with Gasteiger partial charge in [-0.1, -0.05) is 17.7 Å². The van der Waals surface area contributed by atoms with Crippen LogP contribution in [0.2, 0.25) is 5.02 Å². The predicted molar refractivity (Wildman–Crippen MR) is 102 cm³/mol. The molecule has 1 aromatic carbocycles. The molecule has 1 N–H and O–H groups in total. The quantitative estimate of drug-likeness (QED) is 0.854. The summed E-state index contributed by atoms with van der Waals surface area (Å²) in [7, 11) is 0. The van der Waals surface area contributed by atoms with Crippen molar-refractivity contribution >= 4 is 34.9 Å². The standard InChI is InChI=1S/C19H21ClN4O3/c20-15-2-1-3-16(9-15)23-11-14(8-18(23)25)19(26)22-17-4-6-21-24(17)10-13-5-7-27-12-13/h1-4,6,9,13-14H,5,7-8,10-12H2,(H,22,26)/t13-,14-/m1/s1. The van der Waals surface area contributed by atoms with E-state index in [2.05, 4.69) is 10.4 Å². The van der Waals surface area contributed by atoms with Gasteiger partial charge in [0.2, 0.25) is 11.8 Å². The maximum absolute atomic E-state index is 12.7. The van der Waals surface area contributed by atoms with Crippen LogP contribution in [-0.2, 0) is 20.9 Å². The van der Waals surface area contributed by atoms with Gasteiger partial charge in [-0.25, -0.2) is 4.68 Å². The van der Waals surface area contributed by atoms with E-state index in [-0.39, 0.29) is 18.2 Å². The molecule has 0 spiro atoms. The van der Waals surface area contributed by atoms with Crippen molar-refractivity contribution in [2.75, 3.05) is 30.0 Å². The van der Waals surface area contributed by atoms with Gasteiger partial charge in [-0.05, 0) is 24.6 Å². The molecule has 2 aliphatic heterocycles. The summed E-state index contributed by atoms with van der Waals surface area (Å²) in [5.74, 6) is 0.411. The largest absolute Gasteiger partial charge is 0.381 e. The summed E-state index contributed by atoms with van der Waals surface area (Å²) in [5, 5.41) is 7.79. The first-order valence-corrected chi connectivity index (χ1v) is 9.44. The topological polar surface area (TPSA) is 76.5 Å². The molecule has 0 aliphatic carbocycles. The Morgan fingerprint density at radius 2 is 2.26 bits per heavy atom. The minimum atomic E-state index is -0.408. The van der Waals surface area contributed by atoms with E-state index in [1.54, 1.807) is 40.0 Å². The number of carbonyl (C=O) groups is 2. The minimum absolute atomic E-state index is 0.0750. The molecular formula is C19H21ClN4O3. The van der Waals surface area contributed by atoms with Gasteiger partial charge in [0.15, 0.2) is 0 Å². The molecule has 2 aliphatic rings. The molecule has 142 valence electrons. The highest BCUT2D eigenvalue weighted by Gasteiger charge is 2.35. The Kier molecular flexibility index (Phi) is 5.13. The van der Waals surface area contributed by atoms with Crippen LogP contribution >= 0.6 is 11.6 Å². The lowest BCUT2D eigenvalue weighted by molar-refractivity contribution is -0.122. The third-order valence-corrected chi connectivity index (χ3v) is 5.27. The van der Waals surface area contributed by atoms with E-state index in [1.807, 2.05) is 6.07 Å². The summed E-state index contributed by atoms with van der Waals surface area (Å²) in [6.07, 6.45) is 2.85. The van der Waals surface area contributed by atoms with Gasteiger partial charge in [-0.2, -0.15) is 5.10 Å². The molecule has 2 aromatic rings. The van der Waals surface area contributed by atoms with Crippen LogP contribution in [0.3, 0.4) is 0 Å². The van der Waals surface area contributed by atoms with Gasteiger partial charge in [-0.3, -0.25) is 9.59 Å². The number of benzene rings is 1. The fourth-order valence-electron chi connectivity index (χ4n) is 3.56. The Hall–Kier alpha value is -2.38. The summed E-state index contributed by atoms with van der Waals surface area (Å²) in [6.45, 7) is 2.55. The smallest absolute Gasteiger partial charge is 0.230 e. The summed E-state index contributed by atoms with van der Waals surface area (Å²) in [5.41, 5.74) is 0.717. The van der Waals surface area contributed by atoms with Gasteiger partial charge in [0.05, 0.1) is 18.7 Å². The number of nitrogens with one attached hydrogen (secondary N) is 1. The Morgan fingerprint density at radius 1 is 1.37 bits per heavy atom. The first kappa shape index (κ1) is 18.0. The highest BCUT2D eigenvalue weighted by atomic mass is 35.5. The molecule has 0 radical (unpaired) electrons. The first-order valence-electron chi connectivity index (χ1n) is 9.06. The lowest BCUT2D eigenvalue weighted by atomic mass is 10.1. The number of halogens is 1. The highest BCUT2D eigenvalue weighted by Crippen LogP contribution is 2.28. The Morgan fingerprint density at radius 3 is 3.04 bits per heavy atom. The number of rotatable bonds is 5. The van der Waals surface area contributed by atoms with E-state index in [9.17, 15) is 9.59 Å². The molecule has 2 amide bonds. The van der Waals surface area contributed by atoms with Gasteiger partial charge in [0.25, 0.3) is 0 Å². The lowest BCUT2D eigenvalue weighted by Gasteiger charge is -2.17. The number of hydrogen-bond donors (Lipinski definition) is 1. The normalized spacial score (nSPS) is 22.4. The maximum atomic E-state index is 12.7. The zero-order valence-corrected chi connectivity index (χ0v) is 15.6. The summed E-state index contributed by atoms with van der Waals surface area (Å²) >= 11 is 6.02. The SMILES string of the molecule is O=C(Nc1ccnn1C[C@H]1CCOC1)[C@@H]1CC(=O)N(c2cccc(Cl)c2)C1. The Bertz CT molecular complexity index is 847. The van der Waals surface area contributed by atoms with E-state index in [1.165, 1.54) is 0 Å². The van der Waals surface area contributed by atoms with Crippen LogP contribution in [0.15, 0.2) is 36.5 Å². The second-order valence-corrected chi connectivity index (χ2v) is 7.44. The number of amides is 2. The molecule has 2 saturated heterocycles. The minimum Gasteiger partial charge on any atom is -0.381 e. The van der Waals surface area contributed by atoms with E-state index in [0.29, 0.717) is 35.5 Å². The van der Waals surface area contributed by atoms with Crippen molar-refractivity contribution < 1.29 is 14.3 Å². The molecule has 0 bridgehead atoms. The van der Waals surface area contributed by atoms with Crippen molar-refractivity contribution in [1.82, 2.24) is 9.78 Å². The molecule has 4 rings (SSSR count). The van der Waals surface area contributed by atoms with Crippen LogP contribution in [0.4, 0.5) is 11.5 Å². The molecule has 0 unspecified atom stereocenters. The molecule has 27 heavy (non-hydrogen) atoms. The van der Waals surface area contributed by atoms with Gasteiger partial charge in [0.1, 0.15) is 5.82 Å². The van der Waals surface area contributed by atoms with E-state index >= 15 is 0 Å². The van der Waals surface area contributed by atoms with Crippen molar-refractivity contribution in [2.24, 2.45) is 11.8 Å². The van der Waals surface area contributed by atoms with E-state index in [4.69, 9.17) is 16.3 Å². The fourth-order valence-corrected chi connectivity index (χ4v) is 3.75. The molecule has 7 nitrogen and oxygen atoms in total. The number of nitrogens with zero attached hydrogens (tertiary/aromatic N) is 3. The van der Waals surface area contributed by atoms with E-state index < -0.39 is 5.92 Å². The van der Waals surface area contributed by atoms with Gasteiger partial charge in [-0.15, -0.1) is 0 Å². The first-order chi connectivity index (χ1) is 13.1. The molecule has 1 aromatic heterocycles. The van der Waals surface area contributed by atoms with Crippen LogP contribution in [0.25, 0.3) is 0 Å². The molecule has 2 atom stereocenters. The average Bonchev–Trinajstić information content (AvgIpc) is 3.38. The van der Waals surface area contributed by atoms with Crippen LogP contribution in [0.1, 0.15) is 12.8 Å². The van der Waals surface area contributed by atoms with Gasteiger partial charge in [0, 0.05) is 48.8 Å². The summed E-state index contributed by atoms with van der Waals surface area (Å²) in [4.78, 5) is 26.7. The number of aromatic nitrogens is 2. The number of carbonyl (C=O) groups excluding carboxylic acids is 2. The van der Waals surface area contributed by atoms with Crippen molar-refractivity contribution in [3.05, 3.63) is 41.6 Å². The van der Waals surface area contributed by atoms with Crippen LogP contribution < -0.4 is 10.2 Å².